The van der Waals surface area contributed by atoms with Crippen molar-refractivity contribution in [2.75, 3.05) is 12.8 Å². The molecule has 1 aliphatic heterocycles. The highest BCUT2D eigenvalue weighted by atomic mass is 32.2. The van der Waals surface area contributed by atoms with Gasteiger partial charge < -0.3 is 5.11 Å². The Balaban J connectivity index is 2.73. The number of amides is 2. The lowest BCUT2D eigenvalue weighted by molar-refractivity contribution is -0.147. The zero-order valence-electron chi connectivity index (χ0n) is 9.04. The van der Waals surface area contributed by atoms with E-state index < -0.39 is 33.7 Å². The molecular formula is C8H12N2O6S. The molecule has 9 heteroatoms. The zero-order chi connectivity index (χ0) is 13.2. The molecule has 0 bridgehead atoms. The van der Waals surface area contributed by atoms with E-state index in [1.54, 1.807) is 0 Å². The first-order valence-corrected chi connectivity index (χ1v) is 6.40. The van der Waals surface area contributed by atoms with E-state index >= 15 is 0 Å². The van der Waals surface area contributed by atoms with Crippen molar-refractivity contribution in [2.45, 2.75) is 18.9 Å². The molecule has 0 aromatic rings. The lowest BCUT2D eigenvalue weighted by atomic mass is 10.1. The van der Waals surface area contributed by atoms with Crippen molar-refractivity contribution < 1.29 is 27.9 Å². The van der Waals surface area contributed by atoms with E-state index in [9.17, 15) is 22.8 Å². The Bertz CT molecular complexity index is 457. The van der Waals surface area contributed by atoms with Gasteiger partial charge in [0.1, 0.15) is 6.04 Å². The highest BCUT2D eigenvalue weighted by Gasteiger charge is 2.34. The number of nitrogens with zero attached hydrogens (tertiary/aromatic N) is 1. The molecule has 2 N–H and O–H groups in total. The highest BCUT2D eigenvalue weighted by Crippen LogP contribution is 2.12. The van der Waals surface area contributed by atoms with E-state index in [1.165, 1.54) is 7.05 Å². The van der Waals surface area contributed by atoms with Crippen LogP contribution in [0.3, 0.4) is 0 Å². The normalized spacial score (nSPS) is 21.7. The molecule has 0 spiro atoms. The number of carboxylic acid groups (broad SMARTS) is 1. The molecule has 96 valence electrons. The summed E-state index contributed by atoms with van der Waals surface area (Å²) >= 11 is 0. The van der Waals surface area contributed by atoms with Crippen LogP contribution in [0.25, 0.3) is 0 Å². The minimum absolute atomic E-state index is 0.0425. The molecule has 1 atom stereocenters. The van der Waals surface area contributed by atoms with Crippen molar-refractivity contribution in [2.24, 2.45) is 0 Å². The molecule has 1 heterocycles. The Hall–Kier alpha value is -1.48. The third-order valence-corrected chi connectivity index (χ3v) is 3.56. The van der Waals surface area contributed by atoms with Gasteiger partial charge in [-0.25, -0.2) is 13.1 Å². The van der Waals surface area contributed by atoms with E-state index in [1.807, 2.05) is 4.72 Å². The maximum absolute atomic E-state index is 11.5. The van der Waals surface area contributed by atoms with Crippen molar-refractivity contribution in [3.63, 3.8) is 0 Å². The van der Waals surface area contributed by atoms with Crippen LogP contribution in [-0.2, 0) is 24.4 Å². The van der Waals surface area contributed by atoms with E-state index in [0.717, 1.165) is 4.90 Å². The molecule has 1 fully saturated rings. The number of likely N-dealkylation sites (N-methyl/N-ethyl adjacent to an activating group) is 1. The molecule has 1 saturated heterocycles. The second-order valence-corrected chi connectivity index (χ2v) is 5.41. The number of likely N-dealkylation sites (tertiary alicyclic amines) is 1. The number of carbonyl (C=O) groups is 3. The molecular weight excluding hydrogens is 252 g/mol. The monoisotopic (exact) mass is 264 g/mol. The van der Waals surface area contributed by atoms with Gasteiger partial charge in [-0.15, -0.1) is 0 Å². The maximum Gasteiger partial charge on any atom is 0.320 e. The quantitative estimate of drug-likeness (QED) is 0.574. The molecule has 0 radical (unpaired) electrons. The Morgan fingerprint density at radius 2 is 2.12 bits per heavy atom. The van der Waals surface area contributed by atoms with Crippen molar-refractivity contribution in [1.82, 2.24) is 9.62 Å². The average Bonchev–Trinajstić information content (AvgIpc) is 2.17. The summed E-state index contributed by atoms with van der Waals surface area (Å²) < 4.78 is 24.6. The van der Waals surface area contributed by atoms with Crippen molar-refractivity contribution in [3.8, 4) is 0 Å². The van der Waals surface area contributed by atoms with Crippen LogP contribution in [0.2, 0.25) is 0 Å². The summed E-state index contributed by atoms with van der Waals surface area (Å²) in [5, 5.41) is 8.37. The van der Waals surface area contributed by atoms with Crippen LogP contribution in [0.1, 0.15) is 12.8 Å². The molecule has 1 unspecified atom stereocenters. The van der Waals surface area contributed by atoms with Crippen LogP contribution in [0.15, 0.2) is 0 Å². The van der Waals surface area contributed by atoms with Crippen LogP contribution < -0.4 is 4.72 Å². The second-order valence-electron chi connectivity index (χ2n) is 3.65. The van der Waals surface area contributed by atoms with Gasteiger partial charge in [0.15, 0.2) is 5.75 Å². The van der Waals surface area contributed by atoms with Gasteiger partial charge in [-0.2, -0.15) is 0 Å². The van der Waals surface area contributed by atoms with Crippen LogP contribution >= 0.6 is 0 Å². The predicted octanol–water partition coefficient (Wildman–Crippen LogP) is -1.86. The Morgan fingerprint density at radius 3 is 2.65 bits per heavy atom. The minimum atomic E-state index is -4.06. The summed E-state index contributed by atoms with van der Waals surface area (Å²) in [4.78, 5) is 33.8. The fourth-order valence-electron chi connectivity index (χ4n) is 1.45. The van der Waals surface area contributed by atoms with Crippen LogP contribution in [0.4, 0.5) is 0 Å². The second kappa shape index (κ2) is 4.80. The average molecular weight is 264 g/mol. The molecule has 1 aliphatic rings. The first-order valence-electron chi connectivity index (χ1n) is 4.75. The van der Waals surface area contributed by atoms with Gasteiger partial charge in [0.2, 0.25) is 21.8 Å². The predicted molar refractivity (Wildman–Crippen MR) is 55.4 cm³/mol. The molecule has 8 nitrogen and oxygen atoms in total. The standard InChI is InChI=1S/C8H12N2O6S/c1-10-6(11)3-2-5(8(10)14)9-17(15,16)4-7(12)13/h5,9H,2-4H2,1H3,(H,12,13). The Morgan fingerprint density at radius 1 is 1.53 bits per heavy atom. The fourth-order valence-corrected chi connectivity index (χ4v) is 2.51. The fraction of sp³-hybridized carbons (Fsp3) is 0.625. The number of sulfonamides is 1. The number of hydrogen-bond acceptors (Lipinski definition) is 5. The van der Waals surface area contributed by atoms with E-state index in [4.69, 9.17) is 5.11 Å². The van der Waals surface area contributed by atoms with Crippen LogP contribution in [0, 0.1) is 0 Å². The molecule has 1 rings (SSSR count). The smallest absolute Gasteiger partial charge is 0.320 e. The van der Waals surface area contributed by atoms with Gasteiger partial charge in [0.05, 0.1) is 0 Å². The first-order chi connectivity index (χ1) is 7.73. The molecule has 0 aromatic carbocycles. The van der Waals surface area contributed by atoms with Gasteiger partial charge in [-0.3, -0.25) is 19.3 Å². The maximum atomic E-state index is 11.5. The first kappa shape index (κ1) is 13.6. The summed E-state index contributed by atoms with van der Waals surface area (Å²) in [6.07, 6.45) is 0.0867. The van der Waals surface area contributed by atoms with E-state index in [-0.39, 0.29) is 18.7 Å². The van der Waals surface area contributed by atoms with Crippen molar-refractivity contribution in [1.29, 1.82) is 0 Å². The third-order valence-electron chi connectivity index (χ3n) is 2.28. The number of hydrogen-bond donors (Lipinski definition) is 2. The number of carboxylic acids is 1. The number of rotatable bonds is 4. The lowest BCUT2D eigenvalue weighted by Gasteiger charge is -2.27. The molecule has 0 aliphatic carbocycles. The van der Waals surface area contributed by atoms with E-state index in [2.05, 4.69) is 0 Å². The highest BCUT2D eigenvalue weighted by molar-refractivity contribution is 7.90. The Kier molecular flexibility index (Phi) is 3.83. The third kappa shape index (κ3) is 3.49. The van der Waals surface area contributed by atoms with E-state index in [0.29, 0.717) is 0 Å². The number of carbonyl (C=O) groups excluding carboxylic acids is 2. The summed E-state index contributed by atoms with van der Waals surface area (Å²) in [6, 6.07) is -1.07. The Labute approximate surface area is 97.6 Å². The molecule has 2 amide bonds. The van der Waals surface area contributed by atoms with Gasteiger partial charge in [0, 0.05) is 13.5 Å². The SMILES string of the molecule is CN1C(=O)CCC(NS(=O)(=O)CC(=O)O)C1=O. The molecule has 0 saturated carbocycles. The number of piperidine rings is 1. The molecule has 0 aromatic heterocycles. The van der Waals surface area contributed by atoms with Gasteiger partial charge in [-0.05, 0) is 6.42 Å². The summed E-state index contributed by atoms with van der Waals surface area (Å²) in [5.41, 5.74) is 0. The largest absolute Gasteiger partial charge is 0.480 e. The van der Waals surface area contributed by atoms with Crippen molar-refractivity contribution >= 4 is 27.8 Å². The summed E-state index contributed by atoms with van der Waals surface area (Å²) in [7, 11) is -2.81. The van der Waals surface area contributed by atoms with Gasteiger partial charge in [0.25, 0.3) is 0 Å². The molecule has 17 heavy (non-hydrogen) atoms. The zero-order valence-corrected chi connectivity index (χ0v) is 9.86. The van der Waals surface area contributed by atoms with Gasteiger partial charge >= 0.3 is 5.97 Å². The lowest BCUT2D eigenvalue weighted by Crippen LogP contribution is -2.53. The van der Waals surface area contributed by atoms with Crippen molar-refractivity contribution in [3.05, 3.63) is 0 Å². The van der Waals surface area contributed by atoms with Crippen LogP contribution in [0.5, 0.6) is 0 Å². The summed E-state index contributed by atoms with van der Waals surface area (Å²) in [6.45, 7) is 0. The van der Waals surface area contributed by atoms with Crippen LogP contribution in [-0.4, -0.2) is 55.1 Å². The number of aliphatic carboxylic acids is 1. The number of imide groups is 1. The van der Waals surface area contributed by atoms with Gasteiger partial charge in [-0.1, -0.05) is 0 Å². The topological polar surface area (TPSA) is 121 Å². The minimum Gasteiger partial charge on any atom is -0.480 e. The summed E-state index contributed by atoms with van der Waals surface area (Å²) in [5.74, 6) is -3.67. The number of nitrogens with one attached hydrogen (secondary N) is 1.